The minimum atomic E-state index is -0.0325. The van der Waals surface area contributed by atoms with Gasteiger partial charge < -0.3 is 9.94 Å². The molecule has 86 valence electrons. The number of rotatable bonds is 1. The summed E-state index contributed by atoms with van der Waals surface area (Å²) in [5, 5.41) is 11.0. The molecule has 0 radical (unpaired) electrons. The second-order valence-electron chi connectivity index (χ2n) is 4.42. The molecule has 0 spiro atoms. The van der Waals surface area contributed by atoms with Crippen molar-refractivity contribution in [2.75, 3.05) is 0 Å². The quantitative estimate of drug-likeness (QED) is 0.701. The standard InChI is InChI=1S/C11H20N2O2/c14-11-9-13(12-15-11)10-7-5-3-1-2-4-6-8-10/h9-10,12,14H,1-8H2. The Bertz CT molecular complexity index is 221. The zero-order valence-electron chi connectivity index (χ0n) is 9.11. The lowest BCUT2D eigenvalue weighted by molar-refractivity contribution is -0.0394. The van der Waals surface area contributed by atoms with Gasteiger partial charge in [0.25, 0.3) is 0 Å². The fraction of sp³-hybridized carbons (Fsp3) is 0.818. The lowest BCUT2D eigenvalue weighted by Crippen LogP contribution is -2.37. The van der Waals surface area contributed by atoms with Crippen molar-refractivity contribution in [2.24, 2.45) is 0 Å². The minimum absolute atomic E-state index is 0.0325. The van der Waals surface area contributed by atoms with Crippen molar-refractivity contribution < 1.29 is 9.94 Å². The average molecular weight is 212 g/mol. The molecular weight excluding hydrogens is 192 g/mol. The van der Waals surface area contributed by atoms with Crippen LogP contribution in [0.15, 0.2) is 12.1 Å². The predicted octanol–water partition coefficient (Wildman–Crippen LogP) is 2.60. The summed E-state index contributed by atoms with van der Waals surface area (Å²) in [6, 6.07) is 0.466. The molecule has 0 atom stereocenters. The Balaban J connectivity index is 1.87. The molecule has 1 aliphatic heterocycles. The molecule has 1 saturated carbocycles. The van der Waals surface area contributed by atoms with Crippen LogP contribution in [0.3, 0.4) is 0 Å². The lowest BCUT2D eigenvalue weighted by Gasteiger charge is -2.25. The van der Waals surface area contributed by atoms with Crippen LogP contribution in [0.2, 0.25) is 0 Å². The van der Waals surface area contributed by atoms with Crippen molar-refractivity contribution in [3.63, 3.8) is 0 Å². The molecule has 0 aromatic heterocycles. The van der Waals surface area contributed by atoms with Crippen LogP contribution < -0.4 is 5.59 Å². The normalized spacial score (nSPS) is 25.1. The number of nitrogens with one attached hydrogen (secondary N) is 1. The highest BCUT2D eigenvalue weighted by Gasteiger charge is 2.21. The molecule has 15 heavy (non-hydrogen) atoms. The van der Waals surface area contributed by atoms with E-state index < -0.39 is 0 Å². The Morgan fingerprint density at radius 3 is 2.27 bits per heavy atom. The molecule has 0 bridgehead atoms. The van der Waals surface area contributed by atoms with Gasteiger partial charge in [-0.2, -0.15) is 0 Å². The van der Waals surface area contributed by atoms with Gasteiger partial charge in [0, 0.05) is 6.04 Å². The molecule has 2 aliphatic rings. The Morgan fingerprint density at radius 2 is 1.73 bits per heavy atom. The molecule has 4 nitrogen and oxygen atoms in total. The van der Waals surface area contributed by atoms with Crippen LogP contribution in [0.25, 0.3) is 0 Å². The van der Waals surface area contributed by atoms with Crippen molar-refractivity contribution in [3.05, 3.63) is 12.1 Å². The van der Waals surface area contributed by atoms with E-state index in [1.807, 2.05) is 5.01 Å². The topological polar surface area (TPSA) is 44.7 Å². The number of nitrogens with zero attached hydrogens (tertiary/aromatic N) is 1. The minimum Gasteiger partial charge on any atom is -0.479 e. The van der Waals surface area contributed by atoms with Gasteiger partial charge in [-0.05, 0) is 12.8 Å². The Labute approximate surface area is 90.8 Å². The van der Waals surface area contributed by atoms with Gasteiger partial charge in [-0.25, -0.2) is 0 Å². The molecule has 0 unspecified atom stereocenters. The number of hydrogen-bond donors (Lipinski definition) is 2. The fourth-order valence-electron chi connectivity index (χ4n) is 2.34. The number of aliphatic hydroxyl groups excluding tert-OH is 1. The fourth-order valence-corrected chi connectivity index (χ4v) is 2.34. The predicted molar refractivity (Wildman–Crippen MR) is 57.5 cm³/mol. The Morgan fingerprint density at radius 1 is 1.13 bits per heavy atom. The van der Waals surface area contributed by atoms with Gasteiger partial charge in [0.2, 0.25) is 0 Å². The molecule has 4 heteroatoms. The highest BCUT2D eigenvalue weighted by molar-refractivity contribution is 4.87. The van der Waals surface area contributed by atoms with E-state index in [4.69, 9.17) is 9.94 Å². The van der Waals surface area contributed by atoms with E-state index in [1.165, 1.54) is 51.4 Å². The maximum atomic E-state index is 9.15. The van der Waals surface area contributed by atoms with Crippen LogP contribution >= 0.6 is 0 Å². The number of hydrogen-bond acceptors (Lipinski definition) is 4. The molecule has 1 heterocycles. The van der Waals surface area contributed by atoms with Crippen molar-refractivity contribution in [1.82, 2.24) is 10.6 Å². The van der Waals surface area contributed by atoms with Gasteiger partial charge >= 0.3 is 5.95 Å². The molecule has 0 aromatic rings. The molecule has 1 aliphatic carbocycles. The summed E-state index contributed by atoms with van der Waals surface area (Å²) < 4.78 is 0. The molecule has 0 aromatic carbocycles. The smallest absolute Gasteiger partial charge is 0.317 e. The van der Waals surface area contributed by atoms with E-state index in [-0.39, 0.29) is 5.95 Å². The maximum absolute atomic E-state index is 9.15. The Hall–Kier alpha value is -0.900. The van der Waals surface area contributed by atoms with E-state index in [0.29, 0.717) is 6.04 Å². The van der Waals surface area contributed by atoms with Crippen LogP contribution in [0.4, 0.5) is 0 Å². The van der Waals surface area contributed by atoms with E-state index in [9.17, 15) is 0 Å². The van der Waals surface area contributed by atoms with Crippen LogP contribution in [0.1, 0.15) is 51.4 Å². The van der Waals surface area contributed by atoms with Gasteiger partial charge in [0.05, 0.1) is 0 Å². The molecular formula is C11H20N2O2. The van der Waals surface area contributed by atoms with Crippen LogP contribution in [-0.2, 0) is 4.84 Å². The summed E-state index contributed by atoms with van der Waals surface area (Å²) in [6.45, 7) is 0. The van der Waals surface area contributed by atoms with Crippen molar-refractivity contribution in [2.45, 2.75) is 57.4 Å². The molecule has 0 amide bonds. The first-order chi connectivity index (χ1) is 7.36. The molecule has 2 N–H and O–H groups in total. The van der Waals surface area contributed by atoms with Gasteiger partial charge in [-0.15, -0.1) is 0 Å². The molecule has 1 fully saturated rings. The summed E-state index contributed by atoms with van der Waals surface area (Å²) in [5.74, 6) is -0.0325. The second-order valence-corrected chi connectivity index (χ2v) is 4.42. The zero-order chi connectivity index (χ0) is 10.5. The first-order valence-electron chi connectivity index (χ1n) is 5.98. The first kappa shape index (κ1) is 10.6. The van der Waals surface area contributed by atoms with Gasteiger partial charge in [-0.3, -0.25) is 5.01 Å². The van der Waals surface area contributed by atoms with Gasteiger partial charge in [-0.1, -0.05) is 44.1 Å². The van der Waals surface area contributed by atoms with Crippen molar-refractivity contribution >= 4 is 0 Å². The van der Waals surface area contributed by atoms with E-state index in [0.717, 1.165) is 0 Å². The first-order valence-corrected chi connectivity index (χ1v) is 5.98. The van der Waals surface area contributed by atoms with Crippen molar-refractivity contribution in [1.29, 1.82) is 0 Å². The van der Waals surface area contributed by atoms with E-state index in [1.54, 1.807) is 6.20 Å². The molecule has 0 saturated heterocycles. The van der Waals surface area contributed by atoms with Gasteiger partial charge in [0.15, 0.2) is 0 Å². The summed E-state index contributed by atoms with van der Waals surface area (Å²) in [7, 11) is 0. The highest BCUT2D eigenvalue weighted by atomic mass is 16.8. The van der Waals surface area contributed by atoms with Crippen LogP contribution in [0.5, 0.6) is 0 Å². The number of hydrazine groups is 1. The monoisotopic (exact) mass is 212 g/mol. The third-order valence-corrected chi connectivity index (χ3v) is 3.22. The van der Waals surface area contributed by atoms with E-state index in [2.05, 4.69) is 5.59 Å². The maximum Gasteiger partial charge on any atom is 0.317 e. The Kier molecular flexibility index (Phi) is 3.72. The second kappa shape index (κ2) is 5.26. The van der Waals surface area contributed by atoms with Crippen LogP contribution in [0, 0.1) is 0 Å². The third kappa shape index (κ3) is 3.02. The third-order valence-electron chi connectivity index (χ3n) is 3.22. The molecule has 2 rings (SSSR count). The highest BCUT2D eigenvalue weighted by Crippen LogP contribution is 2.22. The summed E-state index contributed by atoms with van der Waals surface area (Å²) >= 11 is 0. The average Bonchev–Trinajstić information content (AvgIpc) is 2.69. The lowest BCUT2D eigenvalue weighted by atomic mass is 10.1. The summed E-state index contributed by atoms with van der Waals surface area (Å²) in [4.78, 5) is 4.81. The summed E-state index contributed by atoms with van der Waals surface area (Å²) in [5.41, 5.74) is 2.74. The van der Waals surface area contributed by atoms with Crippen LogP contribution in [-0.4, -0.2) is 16.2 Å². The van der Waals surface area contributed by atoms with E-state index >= 15 is 0 Å². The summed E-state index contributed by atoms with van der Waals surface area (Å²) in [6.07, 6.45) is 12.0. The van der Waals surface area contributed by atoms with Gasteiger partial charge in [0.1, 0.15) is 6.20 Å². The number of aliphatic hydroxyl groups is 1. The largest absolute Gasteiger partial charge is 0.479 e. The SMILES string of the molecule is OC1=CN(C2CCCCCCCC2)NO1. The van der Waals surface area contributed by atoms with Crippen molar-refractivity contribution in [3.8, 4) is 0 Å². The zero-order valence-corrected chi connectivity index (χ0v) is 9.11.